The zero-order valence-electron chi connectivity index (χ0n) is 10.8. The van der Waals surface area contributed by atoms with Gasteiger partial charge >= 0.3 is 0 Å². The van der Waals surface area contributed by atoms with Crippen molar-refractivity contribution in [2.24, 2.45) is 0 Å². The lowest BCUT2D eigenvalue weighted by Gasteiger charge is -2.09. The van der Waals surface area contributed by atoms with Gasteiger partial charge in [0, 0.05) is 16.1 Å². The summed E-state index contributed by atoms with van der Waals surface area (Å²) in [6.45, 7) is 0. The van der Waals surface area contributed by atoms with Gasteiger partial charge < -0.3 is 9.47 Å². The molecule has 0 spiro atoms. The molecule has 20 heavy (non-hydrogen) atoms. The van der Waals surface area contributed by atoms with Crippen LogP contribution >= 0.6 is 15.9 Å². The van der Waals surface area contributed by atoms with Crippen LogP contribution in [-0.2, 0) is 0 Å². The summed E-state index contributed by atoms with van der Waals surface area (Å²) >= 11 is 3.43. The van der Waals surface area contributed by atoms with E-state index in [0.29, 0.717) is 5.88 Å². The molecule has 1 heterocycles. The van der Waals surface area contributed by atoms with Crippen LogP contribution in [0, 0.1) is 0 Å². The van der Waals surface area contributed by atoms with E-state index in [1.54, 1.807) is 13.3 Å². The molecule has 0 aliphatic heterocycles. The molecule has 1 aromatic heterocycles. The average molecular weight is 330 g/mol. The van der Waals surface area contributed by atoms with Gasteiger partial charge in [0.25, 0.3) is 0 Å². The van der Waals surface area contributed by atoms with Crippen LogP contribution in [0.15, 0.2) is 59.2 Å². The number of methoxy groups -OCH3 is 1. The van der Waals surface area contributed by atoms with Crippen LogP contribution < -0.4 is 9.47 Å². The number of rotatable bonds is 3. The molecule has 3 aromatic rings. The lowest BCUT2D eigenvalue weighted by atomic mass is 10.1. The van der Waals surface area contributed by atoms with Crippen molar-refractivity contribution in [3.8, 4) is 17.4 Å². The number of benzene rings is 2. The van der Waals surface area contributed by atoms with E-state index in [0.717, 1.165) is 26.7 Å². The monoisotopic (exact) mass is 329 g/mol. The van der Waals surface area contributed by atoms with Crippen molar-refractivity contribution >= 4 is 26.7 Å². The highest BCUT2D eigenvalue weighted by molar-refractivity contribution is 9.10. The van der Waals surface area contributed by atoms with Gasteiger partial charge in [0.15, 0.2) is 0 Å². The minimum atomic E-state index is 0.569. The van der Waals surface area contributed by atoms with Crippen molar-refractivity contribution in [1.82, 2.24) is 4.98 Å². The second-order valence-electron chi connectivity index (χ2n) is 4.26. The van der Waals surface area contributed by atoms with Crippen molar-refractivity contribution in [3.63, 3.8) is 0 Å². The SMILES string of the molecule is COc1ccc2ccnc(Oc3cccc(Br)c3)c2c1. The molecule has 0 fully saturated rings. The van der Waals surface area contributed by atoms with E-state index in [-0.39, 0.29) is 0 Å². The van der Waals surface area contributed by atoms with Crippen LogP contribution in [-0.4, -0.2) is 12.1 Å². The molecule has 0 saturated heterocycles. The van der Waals surface area contributed by atoms with Crippen molar-refractivity contribution in [2.75, 3.05) is 7.11 Å². The fourth-order valence-corrected chi connectivity index (χ4v) is 2.35. The van der Waals surface area contributed by atoms with Gasteiger partial charge in [-0.25, -0.2) is 4.98 Å². The Bertz CT molecular complexity index is 758. The Hall–Kier alpha value is -2.07. The van der Waals surface area contributed by atoms with Crippen molar-refractivity contribution in [3.05, 3.63) is 59.2 Å². The standard InChI is InChI=1S/C16H12BrNO2/c1-19-13-6-5-11-7-8-18-16(15(11)10-13)20-14-4-2-3-12(17)9-14/h2-10H,1H3. The first-order chi connectivity index (χ1) is 9.76. The number of nitrogens with zero attached hydrogens (tertiary/aromatic N) is 1. The normalized spacial score (nSPS) is 10.5. The minimum absolute atomic E-state index is 0.569. The number of hydrogen-bond donors (Lipinski definition) is 0. The molecule has 0 radical (unpaired) electrons. The number of halogens is 1. The summed E-state index contributed by atoms with van der Waals surface area (Å²) in [6.07, 6.45) is 1.74. The van der Waals surface area contributed by atoms with Gasteiger partial charge in [-0.15, -0.1) is 0 Å². The van der Waals surface area contributed by atoms with Gasteiger partial charge in [0.05, 0.1) is 7.11 Å². The summed E-state index contributed by atoms with van der Waals surface area (Å²) in [7, 11) is 1.65. The molecule has 0 aliphatic carbocycles. The molecule has 0 aliphatic rings. The third-order valence-corrected chi connectivity index (χ3v) is 3.44. The average Bonchev–Trinajstić information content (AvgIpc) is 2.47. The summed E-state index contributed by atoms with van der Waals surface area (Å²) in [5, 5.41) is 1.98. The van der Waals surface area contributed by atoms with Crippen LogP contribution in [0.25, 0.3) is 10.8 Å². The third kappa shape index (κ3) is 2.60. The van der Waals surface area contributed by atoms with Crippen LogP contribution in [0.1, 0.15) is 0 Å². The van der Waals surface area contributed by atoms with E-state index in [9.17, 15) is 0 Å². The van der Waals surface area contributed by atoms with Crippen molar-refractivity contribution in [1.29, 1.82) is 0 Å². The predicted octanol–water partition coefficient (Wildman–Crippen LogP) is 4.80. The highest BCUT2D eigenvalue weighted by Crippen LogP contribution is 2.31. The summed E-state index contributed by atoms with van der Waals surface area (Å²) in [6, 6.07) is 15.5. The Morgan fingerprint density at radius 2 is 1.90 bits per heavy atom. The second kappa shape index (κ2) is 5.51. The van der Waals surface area contributed by atoms with E-state index in [1.165, 1.54) is 0 Å². The van der Waals surface area contributed by atoms with Crippen LogP contribution in [0.3, 0.4) is 0 Å². The van der Waals surface area contributed by atoms with E-state index < -0.39 is 0 Å². The molecular formula is C16H12BrNO2. The zero-order valence-corrected chi connectivity index (χ0v) is 12.4. The number of pyridine rings is 1. The largest absolute Gasteiger partial charge is 0.497 e. The Labute approximate surface area is 125 Å². The van der Waals surface area contributed by atoms with Crippen LogP contribution in [0.2, 0.25) is 0 Å². The van der Waals surface area contributed by atoms with Crippen molar-refractivity contribution in [2.45, 2.75) is 0 Å². The number of fused-ring (bicyclic) bond motifs is 1. The first-order valence-corrected chi connectivity index (χ1v) is 6.92. The first kappa shape index (κ1) is 12.9. The van der Waals surface area contributed by atoms with Gasteiger partial charge in [-0.2, -0.15) is 0 Å². The lowest BCUT2D eigenvalue weighted by Crippen LogP contribution is -1.90. The van der Waals surface area contributed by atoms with Gasteiger partial charge in [0.2, 0.25) is 5.88 Å². The molecule has 0 bridgehead atoms. The summed E-state index contributed by atoms with van der Waals surface area (Å²) in [5.41, 5.74) is 0. The quantitative estimate of drug-likeness (QED) is 0.691. The zero-order chi connectivity index (χ0) is 13.9. The molecule has 0 N–H and O–H groups in total. The molecular weight excluding hydrogens is 318 g/mol. The van der Waals surface area contributed by atoms with Gasteiger partial charge in [0.1, 0.15) is 11.5 Å². The Balaban J connectivity index is 2.06. The molecule has 0 amide bonds. The van der Waals surface area contributed by atoms with Gasteiger partial charge in [-0.3, -0.25) is 0 Å². The number of hydrogen-bond acceptors (Lipinski definition) is 3. The molecule has 0 unspecified atom stereocenters. The second-order valence-corrected chi connectivity index (χ2v) is 5.18. The summed E-state index contributed by atoms with van der Waals surface area (Å²) in [4.78, 5) is 4.31. The van der Waals surface area contributed by atoms with E-state index in [1.807, 2.05) is 48.5 Å². The molecule has 0 saturated carbocycles. The summed E-state index contributed by atoms with van der Waals surface area (Å²) in [5.74, 6) is 2.09. The number of aromatic nitrogens is 1. The highest BCUT2D eigenvalue weighted by atomic mass is 79.9. The van der Waals surface area contributed by atoms with Crippen LogP contribution in [0.5, 0.6) is 17.4 Å². The maximum absolute atomic E-state index is 5.88. The van der Waals surface area contributed by atoms with E-state index in [4.69, 9.17) is 9.47 Å². The highest BCUT2D eigenvalue weighted by Gasteiger charge is 2.06. The fraction of sp³-hybridized carbons (Fsp3) is 0.0625. The lowest BCUT2D eigenvalue weighted by molar-refractivity contribution is 0.415. The summed E-state index contributed by atoms with van der Waals surface area (Å²) < 4.78 is 12.1. The molecule has 2 aromatic carbocycles. The minimum Gasteiger partial charge on any atom is -0.497 e. The van der Waals surface area contributed by atoms with E-state index >= 15 is 0 Å². The molecule has 100 valence electrons. The number of ether oxygens (including phenoxy) is 2. The first-order valence-electron chi connectivity index (χ1n) is 6.12. The Kier molecular flexibility index (Phi) is 3.56. The predicted molar refractivity (Wildman–Crippen MR) is 82.5 cm³/mol. The smallest absolute Gasteiger partial charge is 0.227 e. The molecule has 3 nitrogen and oxygen atoms in total. The Morgan fingerprint density at radius 1 is 1.00 bits per heavy atom. The van der Waals surface area contributed by atoms with Gasteiger partial charge in [-0.1, -0.05) is 28.1 Å². The fourth-order valence-electron chi connectivity index (χ4n) is 1.97. The van der Waals surface area contributed by atoms with E-state index in [2.05, 4.69) is 20.9 Å². The van der Waals surface area contributed by atoms with Crippen molar-refractivity contribution < 1.29 is 9.47 Å². The molecule has 3 rings (SSSR count). The maximum atomic E-state index is 5.88. The molecule has 4 heteroatoms. The van der Waals surface area contributed by atoms with Gasteiger partial charge in [-0.05, 0) is 41.8 Å². The third-order valence-electron chi connectivity index (χ3n) is 2.95. The van der Waals surface area contributed by atoms with Crippen LogP contribution in [0.4, 0.5) is 0 Å². The topological polar surface area (TPSA) is 31.4 Å². The maximum Gasteiger partial charge on any atom is 0.227 e. The molecule has 0 atom stereocenters. The Morgan fingerprint density at radius 3 is 2.70 bits per heavy atom.